The van der Waals surface area contributed by atoms with Gasteiger partial charge >= 0.3 is 5.97 Å². The van der Waals surface area contributed by atoms with E-state index in [1.165, 1.54) is 0 Å². The maximum absolute atomic E-state index is 12.8. The topological polar surface area (TPSA) is 57.6 Å². The summed E-state index contributed by atoms with van der Waals surface area (Å²) in [5.74, 6) is -0.151. The van der Waals surface area contributed by atoms with Crippen LogP contribution in [0.1, 0.15) is 28.8 Å². The zero-order chi connectivity index (χ0) is 15.1. The standard InChI is InChI=1S/C15H16BrNO3S/c1-8-2-3-10(6-11(8)16)13(18)17-12(15(19)20)7-21-14(17)9-4-5-9/h2-3,6,9,12,14H,4-5,7H2,1H3,(H,19,20). The fourth-order valence-corrected chi connectivity index (χ4v) is 4.60. The second-order valence-electron chi connectivity index (χ2n) is 5.59. The highest BCUT2D eigenvalue weighted by molar-refractivity contribution is 9.10. The number of carboxylic acid groups (broad SMARTS) is 1. The lowest BCUT2D eigenvalue weighted by atomic mass is 10.1. The molecule has 1 amide bonds. The van der Waals surface area contributed by atoms with Crippen LogP contribution in [0.4, 0.5) is 0 Å². The van der Waals surface area contributed by atoms with Crippen LogP contribution in [0.2, 0.25) is 0 Å². The van der Waals surface area contributed by atoms with Crippen molar-refractivity contribution in [3.8, 4) is 0 Å². The van der Waals surface area contributed by atoms with Gasteiger partial charge in [0.1, 0.15) is 6.04 Å². The second-order valence-corrected chi connectivity index (χ2v) is 7.60. The third-order valence-electron chi connectivity index (χ3n) is 4.00. The Kier molecular flexibility index (Phi) is 4.01. The summed E-state index contributed by atoms with van der Waals surface area (Å²) in [5.41, 5.74) is 1.60. The molecule has 6 heteroatoms. The fraction of sp³-hybridized carbons (Fsp3) is 0.467. The first-order valence-electron chi connectivity index (χ1n) is 6.92. The largest absolute Gasteiger partial charge is 0.480 e. The third kappa shape index (κ3) is 2.83. The second kappa shape index (κ2) is 5.65. The van der Waals surface area contributed by atoms with Gasteiger partial charge in [0, 0.05) is 15.8 Å². The number of carboxylic acids is 1. The summed E-state index contributed by atoms with van der Waals surface area (Å²) < 4.78 is 0.870. The van der Waals surface area contributed by atoms with E-state index in [2.05, 4.69) is 15.9 Å². The normalized spacial score (nSPS) is 25.1. The van der Waals surface area contributed by atoms with Crippen molar-refractivity contribution < 1.29 is 14.7 Å². The number of benzene rings is 1. The molecule has 1 aromatic rings. The van der Waals surface area contributed by atoms with Crippen molar-refractivity contribution in [1.29, 1.82) is 0 Å². The van der Waals surface area contributed by atoms with E-state index in [4.69, 9.17) is 0 Å². The van der Waals surface area contributed by atoms with E-state index in [1.54, 1.807) is 28.8 Å². The SMILES string of the molecule is Cc1ccc(C(=O)N2C(C(=O)O)CSC2C2CC2)cc1Br. The molecule has 0 aromatic heterocycles. The van der Waals surface area contributed by atoms with Gasteiger partial charge in [-0.25, -0.2) is 4.79 Å². The molecular formula is C15H16BrNO3S. The number of carbonyl (C=O) groups is 2. The number of thioether (sulfide) groups is 1. The molecule has 0 bridgehead atoms. The molecule has 3 rings (SSSR count). The van der Waals surface area contributed by atoms with Gasteiger partial charge in [-0.15, -0.1) is 11.8 Å². The number of amides is 1. The number of hydrogen-bond acceptors (Lipinski definition) is 3. The zero-order valence-corrected chi connectivity index (χ0v) is 14.0. The predicted molar refractivity (Wildman–Crippen MR) is 85.4 cm³/mol. The van der Waals surface area contributed by atoms with Crippen LogP contribution in [0.15, 0.2) is 22.7 Å². The summed E-state index contributed by atoms with van der Waals surface area (Å²) in [5, 5.41) is 9.39. The Labute approximate surface area is 136 Å². The number of carbonyl (C=O) groups excluding carboxylic acids is 1. The first-order chi connectivity index (χ1) is 9.99. The molecule has 2 fully saturated rings. The van der Waals surface area contributed by atoms with E-state index in [-0.39, 0.29) is 11.3 Å². The summed E-state index contributed by atoms with van der Waals surface area (Å²) >= 11 is 5.03. The van der Waals surface area contributed by atoms with Crippen LogP contribution in [0.5, 0.6) is 0 Å². The van der Waals surface area contributed by atoms with Crippen LogP contribution in [-0.2, 0) is 4.79 Å². The predicted octanol–water partition coefficient (Wildman–Crippen LogP) is 3.14. The Morgan fingerprint density at radius 2 is 2.10 bits per heavy atom. The van der Waals surface area contributed by atoms with E-state index in [1.807, 2.05) is 13.0 Å². The Hall–Kier alpha value is -1.01. The molecule has 1 aliphatic heterocycles. The maximum atomic E-state index is 12.8. The number of aryl methyl sites for hydroxylation is 1. The van der Waals surface area contributed by atoms with Gasteiger partial charge in [-0.2, -0.15) is 0 Å². The zero-order valence-electron chi connectivity index (χ0n) is 11.6. The van der Waals surface area contributed by atoms with Gasteiger partial charge in [0.15, 0.2) is 0 Å². The quantitative estimate of drug-likeness (QED) is 0.888. The molecule has 0 spiro atoms. The Balaban J connectivity index is 1.91. The molecule has 21 heavy (non-hydrogen) atoms. The molecule has 2 aliphatic rings. The smallest absolute Gasteiger partial charge is 0.327 e. The van der Waals surface area contributed by atoms with Crippen molar-refractivity contribution in [2.75, 3.05) is 5.75 Å². The van der Waals surface area contributed by atoms with Crippen molar-refractivity contribution >= 4 is 39.6 Å². The van der Waals surface area contributed by atoms with Crippen LogP contribution in [0, 0.1) is 12.8 Å². The van der Waals surface area contributed by atoms with Gasteiger partial charge in [0.25, 0.3) is 5.91 Å². The Morgan fingerprint density at radius 1 is 1.38 bits per heavy atom. The van der Waals surface area contributed by atoms with Crippen LogP contribution in [0.25, 0.3) is 0 Å². The van der Waals surface area contributed by atoms with Crippen LogP contribution >= 0.6 is 27.7 Å². The van der Waals surface area contributed by atoms with Gasteiger partial charge in [-0.3, -0.25) is 4.79 Å². The minimum absolute atomic E-state index is 0.0127. The average Bonchev–Trinajstić information content (AvgIpc) is 3.19. The Morgan fingerprint density at radius 3 is 2.67 bits per heavy atom. The highest BCUT2D eigenvalue weighted by Gasteiger charge is 2.48. The molecule has 112 valence electrons. The molecule has 1 saturated carbocycles. The van der Waals surface area contributed by atoms with E-state index in [9.17, 15) is 14.7 Å². The Bertz CT molecular complexity index is 603. The number of nitrogens with zero attached hydrogens (tertiary/aromatic N) is 1. The van der Waals surface area contributed by atoms with Crippen molar-refractivity contribution in [3.05, 3.63) is 33.8 Å². The van der Waals surface area contributed by atoms with Crippen LogP contribution in [-0.4, -0.2) is 39.1 Å². The lowest BCUT2D eigenvalue weighted by molar-refractivity contribution is -0.141. The van der Waals surface area contributed by atoms with Gasteiger partial charge in [0.2, 0.25) is 0 Å². The van der Waals surface area contributed by atoms with E-state index in [0.29, 0.717) is 17.2 Å². The monoisotopic (exact) mass is 369 g/mol. The molecule has 4 nitrogen and oxygen atoms in total. The van der Waals surface area contributed by atoms with Crippen molar-refractivity contribution in [2.24, 2.45) is 5.92 Å². The molecular weight excluding hydrogens is 354 g/mol. The molecule has 2 atom stereocenters. The number of hydrogen-bond donors (Lipinski definition) is 1. The van der Waals surface area contributed by atoms with Crippen LogP contribution < -0.4 is 0 Å². The lowest BCUT2D eigenvalue weighted by Gasteiger charge is -2.27. The molecule has 1 aliphatic carbocycles. The van der Waals surface area contributed by atoms with E-state index >= 15 is 0 Å². The summed E-state index contributed by atoms with van der Waals surface area (Å²) in [7, 11) is 0. The number of aliphatic carboxylic acids is 1. The van der Waals surface area contributed by atoms with Crippen LogP contribution in [0.3, 0.4) is 0 Å². The molecule has 1 heterocycles. The summed E-state index contributed by atoms with van der Waals surface area (Å²) in [4.78, 5) is 25.8. The first kappa shape index (κ1) is 14.9. The van der Waals surface area contributed by atoms with Gasteiger partial charge in [-0.05, 0) is 43.4 Å². The average molecular weight is 370 g/mol. The summed E-state index contributed by atoms with van der Waals surface area (Å²) in [6.07, 6.45) is 2.18. The highest BCUT2D eigenvalue weighted by Crippen LogP contribution is 2.46. The first-order valence-corrected chi connectivity index (χ1v) is 8.76. The molecule has 2 unspecified atom stereocenters. The van der Waals surface area contributed by atoms with Gasteiger partial charge in [0.05, 0.1) is 5.37 Å². The van der Waals surface area contributed by atoms with Crippen molar-refractivity contribution in [3.63, 3.8) is 0 Å². The minimum Gasteiger partial charge on any atom is -0.480 e. The third-order valence-corrected chi connectivity index (χ3v) is 6.31. The number of rotatable bonds is 3. The number of halogens is 1. The van der Waals surface area contributed by atoms with Gasteiger partial charge < -0.3 is 10.0 Å². The molecule has 1 aromatic carbocycles. The summed E-state index contributed by atoms with van der Waals surface area (Å²) in [6, 6.07) is 4.72. The highest BCUT2D eigenvalue weighted by atomic mass is 79.9. The lowest BCUT2D eigenvalue weighted by Crippen LogP contribution is -2.46. The van der Waals surface area contributed by atoms with Gasteiger partial charge in [-0.1, -0.05) is 22.0 Å². The van der Waals surface area contributed by atoms with E-state index < -0.39 is 12.0 Å². The summed E-state index contributed by atoms with van der Waals surface area (Å²) in [6.45, 7) is 1.96. The molecule has 1 saturated heterocycles. The molecule has 1 N–H and O–H groups in total. The maximum Gasteiger partial charge on any atom is 0.327 e. The fourth-order valence-electron chi connectivity index (χ4n) is 2.59. The van der Waals surface area contributed by atoms with E-state index in [0.717, 1.165) is 22.9 Å². The van der Waals surface area contributed by atoms with Crippen molar-refractivity contribution in [1.82, 2.24) is 4.90 Å². The van der Waals surface area contributed by atoms with Crippen molar-refractivity contribution in [2.45, 2.75) is 31.2 Å². The molecule has 0 radical (unpaired) electrons. The minimum atomic E-state index is -0.912.